The van der Waals surface area contributed by atoms with Crippen molar-refractivity contribution in [3.8, 4) is 11.3 Å². The second-order valence-electron chi connectivity index (χ2n) is 5.56. The summed E-state index contributed by atoms with van der Waals surface area (Å²) in [5, 5.41) is 3.13. The highest BCUT2D eigenvalue weighted by atomic mass is 79.9. The van der Waals surface area contributed by atoms with E-state index in [1.165, 1.54) is 0 Å². The summed E-state index contributed by atoms with van der Waals surface area (Å²) >= 11 is 5.11. The molecule has 102 valence electrons. The summed E-state index contributed by atoms with van der Waals surface area (Å²) in [6.45, 7) is 6.51. The number of halogens is 1. The molecule has 2 nitrogen and oxygen atoms in total. The summed E-state index contributed by atoms with van der Waals surface area (Å²) < 4.78 is 6.69. The van der Waals surface area contributed by atoms with Gasteiger partial charge in [-0.05, 0) is 17.5 Å². The van der Waals surface area contributed by atoms with Gasteiger partial charge in [0.15, 0.2) is 0 Å². The quantitative estimate of drug-likeness (QED) is 0.756. The van der Waals surface area contributed by atoms with E-state index in [2.05, 4.69) is 54.2 Å². The fraction of sp³-hybridized carbons (Fsp3) is 0.400. The number of methoxy groups -OCH3 is 1. The Balaban J connectivity index is 2.30. The first-order valence-corrected chi connectivity index (χ1v) is 7.83. The first kappa shape index (κ1) is 14.7. The zero-order valence-electron chi connectivity index (χ0n) is 11.6. The van der Waals surface area contributed by atoms with Gasteiger partial charge in [0, 0.05) is 22.5 Å². The lowest BCUT2D eigenvalue weighted by Crippen LogP contribution is -2.19. The highest BCUT2D eigenvalue weighted by Crippen LogP contribution is 2.38. The van der Waals surface area contributed by atoms with E-state index in [0.29, 0.717) is 0 Å². The first-order valence-electron chi connectivity index (χ1n) is 6.16. The van der Waals surface area contributed by atoms with Crippen LogP contribution in [0, 0.1) is 5.41 Å². The number of thiazole rings is 1. The largest absolute Gasteiger partial charge is 0.374 e. The maximum atomic E-state index is 5.61. The number of ether oxygens (including phenoxy) is 1. The van der Waals surface area contributed by atoms with Crippen LogP contribution in [0.5, 0.6) is 0 Å². The second-order valence-corrected chi connectivity index (χ2v) is 7.37. The fourth-order valence-corrected chi connectivity index (χ4v) is 3.40. The molecule has 0 saturated heterocycles. The van der Waals surface area contributed by atoms with Gasteiger partial charge in [0.2, 0.25) is 0 Å². The predicted molar refractivity (Wildman–Crippen MR) is 84.5 cm³/mol. The second kappa shape index (κ2) is 5.73. The van der Waals surface area contributed by atoms with Crippen molar-refractivity contribution >= 4 is 27.3 Å². The topological polar surface area (TPSA) is 22.1 Å². The van der Waals surface area contributed by atoms with Crippen LogP contribution < -0.4 is 0 Å². The van der Waals surface area contributed by atoms with E-state index in [0.717, 1.165) is 20.7 Å². The molecule has 2 aromatic rings. The van der Waals surface area contributed by atoms with Gasteiger partial charge in [-0.1, -0.05) is 48.8 Å². The lowest BCUT2D eigenvalue weighted by molar-refractivity contribution is 0.0151. The van der Waals surface area contributed by atoms with Gasteiger partial charge < -0.3 is 4.74 Å². The smallest absolute Gasteiger partial charge is 0.123 e. The molecule has 0 amide bonds. The normalized spacial score (nSPS) is 13.5. The minimum Gasteiger partial charge on any atom is -0.374 e. The lowest BCUT2D eigenvalue weighted by Gasteiger charge is -2.27. The fourth-order valence-electron chi connectivity index (χ4n) is 1.99. The van der Waals surface area contributed by atoms with Crippen LogP contribution in [-0.4, -0.2) is 12.1 Å². The third kappa shape index (κ3) is 3.44. The Kier molecular flexibility index (Phi) is 4.43. The molecule has 1 atom stereocenters. The molecule has 0 bridgehead atoms. The molecule has 1 aromatic carbocycles. The Bertz CT molecular complexity index is 542. The molecule has 1 unspecified atom stereocenters. The van der Waals surface area contributed by atoms with E-state index in [4.69, 9.17) is 9.72 Å². The Morgan fingerprint density at radius 2 is 1.84 bits per heavy atom. The van der Waals surface area contributed by atoms with Crippen LogP contribution in [0.3, 0.4) is 0 Å². The molecule has 0 aliphatic rings. The summed E-state index contributed by atoms with van der Waals surface area (Å²) in [4.78, 5) is 4.73. The third-order valence-electron chi connectivity index (χ3n) is 2.91. The van der Waals surface area contributed by atoms with Gasteiger partial charge in [-0.2, -0.15) is 0 Å². The van der Waals surface area contributed by atoms with Crippen molar-refractivity contribution in [2.75, 3.05) is 7.11 Å². The average Bonchev–Trinajstić information content (AvgIpc) is 2.78. The van der Waals surface area contributed by atoms with Gasteiger partial charge in [-0.15, -0.1) is 11.3 Å². The van der Waals surface area contributed by atoms with Gasteiger partial charge in [0.1, 0.15) is 11.1 Å². The average molecular weight is 340 g/mol. The molecule has 0 radical (unpaired) electrons. The molecule has 1 aromatic heterocycles. The number of hydrogen-bond acceptors (Lipinski definition) is 3. The Labute approximate surface area is 127 Å². The molecule has 0 aliphatic heterocycles. The summed E-state index contributed by atoms with van der Waals surface area (Å²) in [6, 6.07) is 8.21. The van der Waals surface area contributed by atoms with Crippen LogP contribution in [0.25, 0.3) is 11.3 Å². The van der Waals surface area contributed by atoms with Crippen LogP contribution in [0.15, 0.2) is 34.1 Å². The van der Waals surface area contributed by atoms with Gasteiger partial charge >= 0.3 is 0 Å². The maximum Gasteiger partial charge on any atom is 0.123 e. The highest BCUT2D eigenvalue weighted by Gasteiger charge is 2.28. The van der Waals surface area contributed by atoms with E-state index >= 15 is 0 Å². The van der Waals surface area contributed by atoms with Crippen molar-refractivity contribution in [2.45, 2.75) is 26.9 Å². The standard InChI is InChI=1S/C15H18BrNOS/c1-15(2,3)13(18-4)14-17-12(9-19-14)10-5-7-11(16)8-6-10/h5-9,13H,1-4H3. The summed E-state index contributed by atoms with van der Waals surface area (Å²) in [7, 11) is 1.75. The molecule has 4 heteroatoms. The highest BCUT2D eigenvalue weighted by molar-refractivity contribution is 9.10. The molecule has 19 heavy (non-hydrogen) atoms. The van der Waals surface area contributed by atoms with Gasteiger partial charge in [-0.3, -0.25) is 0 Å². The zero-order valence-corrected chi connectivity index (χ0v) is 14.0. The van der Waals surface area contributed by atoms with E-state index in [-0.39, 0.29) is 11.5 Å². The maximum absolute atomic E-state index is 5.61. The van der Waals surface area contributed by atoms with Crippen molar-refractivity contribution in [1.29, 1.82) is 0 Å². The minimum absolute atomic E-state index is 0.0294. The van der Waals surface area contributed by atoms with Crippen LogP contribution in [-0.2, 0) is 4.74 Å². The number of aromatic nitrogens is 1. The lowest BCUT2D eigenvalue weighted by atomic mass is 9.89. The SMILES string of the molecule is COC(c1nc(-c2ccc(Br)cc2)cs1)C(C)(C)C. The van der Waals surface area contributed by atoms with Crippen LogP contribution in [0.4, 0.5) is 0 Å². The molecule has 0 aliphatic carbocycles. The van der Waals surface area contributed by atoms with Crippen LogP contribution >= 0.6 is 27.3 Å². The minimum atomic E-state index is 0.0294. The Hall–Kier alpha value is -0.710. The van der Waals surface area contributed by atoms with Crippen molar-refractivity contribution in [3.05, 3.63) is 39.1 Å². The molecule has 0 saturated carbocycles. The van der Waals surface area contributed by atoms with Crippen molar-refractivity contribution in [3.63, 3.8) is 0 Å². The predicted octanol–water partition coefficient (Wildman–Crippen LogP) is 5.31. The molecule has 0 N–H and O–H groups in total. The molecular weight excluding hydrogens is 322 g/mol. The Morgan fingerprint density at radius 3 is 2.37 bits per heavy atom. The van der Waals surface area contributed by atoms with E-state index in [1.807, 2.05) is 12.1 Å². The number of benzene rings is 1. The molecule has 0 fully saturated rings. The molecular formula is C15H18BrNOS. The van der Waals surface area contributed by atoms with Crippen LogP contribution in [0.1, 0.15) is 31.9 Å². The monoisotopic (exact) mass is 339 g/mol. The van der Waals surface area contributed by atoms with Crippen molar-refractivity contribution in [2.24, 2.45) is 5.41 Å². The number of nitrogens with zero attached hydrogens (tertiary/aromatic N) is 1. The Morgan fingerprint density at radius 1 is 1.21 bits per heavy atom. The van der Waals surface area contributed by atoms with Crippen molar-refractivity contribution < 1.29 is 4.74 Å². The molecule has 0 spiro atoms. The number of rotatable bonds is 3. The first-order chi connectivity index (χ1) is 8.91. The van der Waals surface area contributed by atoms with Crippen LogP contribution in [0.2, 0.25) is 0 Å². The number of hydrogen-bond donors (Lipinski definition) is 0. The van der Waals surface area contributed by atoms with E-state index < -0.39 is 0 Å². The summed E-state index contributed by atoms with van der Waals surface area (Å²) in [6.07, 6.45) is 0.0294. The third-order valence-corrected chi connectivity index (χ3v) is 4.33. The van der Waals surface area contributed by atoms with E-state index in [1.54, 1.807) is 18.4 Å². The van der Waals surface area contributed by atoms with Crippen molar-refractivity contribution in [1.82, 2.24) is 4.98 Å². The summed E-state index contributed by atoms with van der Waals surface area (Å²) in [5.41, 5.74) is 2.19. The zero-order chi connectivity index (χ0) is 14.0. The van der Waals surface area contributed by atoms with E-state index in [9.17, 15) is 0 Å². The summed E-state index contributed by atoms with van der Waals surface area (Å²) in [5.74, 6) is 0. The van der Waals surface area contributed by atoms with Gasteiger partial charge in [0.05, 0.1) is 5.69 Å². The molecule has 2 rings (SSSR count). The van der Waals surface area contributed by atoms with Gasteiger partial charge in [-0.25, -0.2) is 4.98 Å². The molecule has 1 heterocycles. The van der Waals surface area contributed by atoms with Gasteiger partial charge in [0.25, 0.3) is 0 Å².